The van der Waals surface area contributed by atoms with Crippen LogP contribution in [0.4, 0.5) is 0 Å². The number of aryl methyl sites for hydroxylation is 2. The molecule has 3 heteroatoms. The molecule has 0 radical (unpaired) electrons. The second-order valence-corrected chi connectivity index (χ2v) is 4.99. The second kappa shape index (κ2) is 4.32. The van der Waals surface area contributed by atoms with Crippen molar-refractivity contribution in [3.63, 3.8) is 0 Å². The van der Waals surface area contributed by atoms with Crippen LogP contribution in [0.2, 0.25) is 0 Å². The van der Waals surface area contributed by atoms with E-state index in [0.29, 0.717) is 5.92 Å². The molecule has 1 aliphatic heterocycles. The molecular weight excluding hydrogens is 200 g/mol. The van der Waals surface area contributed by atoms with Gasteiger partial charge in [-0.3, -0.25) is 4.79 Å². The highest BCUT2D eigenvalue weighted by molar-refractivity contribution is 5.95. The highest BCUT2D eigenvalue weighted by Crippen LogP contribution is 2.19. The third-order valence-electron chi connectivity index (χ3n) is 3.32. The standard InChI is InChI=1S/C13H20N2O/c1-9-5-4-6-15(8-9)13(16)12-7-10(2)14-11(12)3/h7,9,14H,4-6,8H2,1-3H3. The van der Waals surface area contributed by atoms with Crippen LogP contribution in [-0.2, 0) is 0 Å². The van der Waals surface area contributed by atoms with Crippen LogP contribution in [0.1, 0.15) is 41.5 Å². The Labute approximate surface area is 96.8 Å². The number of aromatic nitrogens is 1. The molecule has 1 aliphatic rings. The number of carbonyl (C=O) groups is 1. The van der Waals surface area contributed by atoms with Crippen molar-refractivity contribution in [2.45, 2.75) is 33.6 Å². The third kappa shape index (κ3) is 2.13. The summed E-state index contributed by atoms with van der Waals surface area (Å²) in [6.07, 6.45) is 2.38. The number of piperidine rings is 1. The highest BCUT2D eigenvalue weighted by Gasteiger charge is 2.23. The molecule has 2 heterocycles. The predicted molar refractivity (Wildman–Crippen MR) is 64.6 cm³/mol. The van der Waals surface area contributed by atoms with Gasteiger partial charge in [0.2, 0.25) is 0 Å². The van der Waals surface area contributed by atoms with Crippen molar-refractivity contribution in [1.29, 1.82) is 0 Å². The number of aromatic amines is 1. The van der Waals surface area contributed by atoms with E-state index in [1.807, 2.05) is 24.8 Å². The van der Waals surface area contributed by atoms with Gasteiger partial charge in [0.05, 0.1) is 5.56 Å². The lowest BCUT2D eigenvalue weighted by Crippen LogP contribution is -2.39. The van der Waals surface area contributed by atoms with Gasteiger partial charge in [0.1, 0.15) is 0 Å². The van der Waals surface area contributed by atoms with Gasteiger partial charge in [-0.1, -0.05) is 6.92 Å². The second-order valence-electron chi connectivity index (χ2n) is 4.99. The lowest BCUT2D eigenvalue weighted by atomic mass is 9.99. The van der Waals surface area contributed by atoms with Crippen LogP contribution in [0.25, 0.3) is 0 Å². The van der Waals surface area contributed by atoms with Crippen molar-refractivity contribution >= 4 is 5.91 Å². The molecule has 2 rings (SSSR count). The first-order chi connectivity index (χ1) is 7.58. The topological polar surface area (TPSA) is 36.1 Å². The molecule has 1 aromatic rings. The van der Waals surface area contributed by atoms with Gasteiger partial charge in [-0.15, -0.1) is 0 Å². The Morgan fingerprint density at radius 2 is 2.25 bits per heavy atom. The number of H-pyrrole nitrogens is 1. The van der Waals surface area contributed by atoms with Gasteiger partial charge in [-0.25, -0.2) is 0 Å². The fraction of sp³-hybridized carbons (Fsp3) is 0.615. The minimum atomic E-state index is 0.188. The lowest BCUT2D eigenvalue weighted by Gasteiger charge is -2.30. The van der Waals surface area contributed by atoms with Crippen LogP contribution in [0.5, 0.6) is 0 Å². The first kappa shape index (κ1) is 11.2. The Morgan fingerprint density at radius 3 is 2.81 bits per heavy atom. The molecule has 16 heavy (non-hydrogen) atoms. The zero-order valence-electron chi connectivity index (χ0n) is 10.3. The summed E-state index contributed by atoms with van der Waals surface area (Å²) in [7, 11) is 0. The lowest BCUT2D eigenvalue weighted by molar-refractivity contribution is 0.0682. The summed E-state index contributed by atoms with van der Waals surface area (Å²) in [5, 5.41) is 0. The summed E-state index contributed by atoms with van der Waals surface area (Å²) in [6, 6.07) is 1.96. The molecule has 1 unspecified atom stereocenters. The molecule has 0 bridgehead atoms. The van der Waals surface area contributed by atoms with E-state index >= 15 is 0 Å². The largest absolute Gasteiger partial charge is 0.362 e. The Hall–Kier alpha value is -1.25. The molecule has 1 fully saturated rings. The van der Waals surface area contributed by atoms with Crippen molar-refractivity contribution in [3.05, 3.63) is 23.0 Å². The summed E-state index contributed by atoms with van der Waals surface area (Å²) in [5.74, 6) is 0.825. The van der Waals surface area contributed by atoms with Gasteiger partial charge in [0, 0.05) is 24.5 Å². The van der Waals surface area contributed by atoms with E-state index in [9.17, 15) is 4.79 Å². The molecule has 88 valence electrons. The molecular formula is C13H20N2O. The van der Waals surface area contributed by atoms with Gasteiger partial charge < -0.3 is 9.88 Å². The maximum absolute atomic E-state index is 12.3. The zero-order chi connectivity index (χ0) is 11.7. The molecule has 1 N–H and O–H groups in total. The fourth-order valence-electron chi connectivity index (χ4n) is 2.49. The van der Waals surface area contributed by atoms with E-state index in [4.69, 9.17) is 0 Å². The van der Waals surface area contributed by atoms with Gasteiger partial charge in [0.15, 0.2) is 0 Å². The van der Waals surface area contributed by atoms with Crippen molar-refractivity contribution in [2.75, 3.05) is 13.1 Å². The van der Waals surface area contributed by atoms with Gasteiger partial charge in [0.25, 0.3) is 5.91 Å². The first-order valence-corrected chi connectivity index (χ1v) is 6.03. The maximum Gasteiger partial charge on any atom is 0.255 e. The molecule has 0 saturated carbocycles. The SMILES string of the molecule is Cc1cc(C(=O)N2CCCC(C)C2)c(C)[nH]1. The van der Waals surface area contributed by atoms with Gasteiger partial charge >= 0.3 is 0 Å². The summed E-state index contributed by atoms with van der Waals surface area (Å²) < 4.78 is 0. The Morgan fingerprint density at radius 1 is 1.50 bits per heavy atom. The van der Waals surface area contributed by atoms with Crippen LogP contribution in [-0.4, -0.2) is 28.9 Å². The van der Waals surface area contributed by atoms with Gasteiger partial charge in [-0.05, 0) is 38.7 Å². The summed E-state index contributed by atoms with van der Waals surface area (Å²) in [4.78, 5) is 17.5. The number of nitrogens with zero attached hydrogens (tertiary/aromatic N) is 1. The number of nitrogens with one attached hydrogen (secondary N) is 1. The summed E-state index contributed by atoms with van der Waals surface area (Å²) in [5.41, 5.74) is 2.89. The van der Waals surface area contributed by atoms with Crippen LogP contribution in [0, 0.1) is 19.8 Å². The molecule has 1 aromatic heterocycles. The van der Waals surface area contributed by atoms with Crippen molar-refractivity contribution in [1.82, 2.24) is 9.88 Å². The Kier molecular flexibility index (Phi) is 3.03. The fourth-order valence-corrected chi connectivity index (χ4v) is 2.49. The number of rotatable bonds is 1. The Bertz CT molecular complexity index is 395. The van der Waals surface area contributed by atoms with E-state index in [1.165, 1.54) is 6.42 Å². The van der Waals surface area contributed by atoms with E-state index in [0.717, 1.165) is 36.5 Å². The average Bonchev–Trinajstić information content (AvgIpc) is 2.57. The normalized spacial score (nSPS) is 21.2. The average molecular weight is 220 g/mol. The van der Waals surface area contributed by atoms with Crippen molar-refractivity contribution < 1.29 is 4.79 Å². The molecule has 0 aromatic carbocycles. The molecule has 1 saturated heterocycles. The van der Waals surface area contributed by atoms with E-state index in [-0.39, 0.29) is 5.91 Å². The smallest absolute Gasteiger partial charge is 0.255 e. The quantitative estimate of drug-likeness (QED) is 0.775. The zero-order valence-corrected chi connectivity index (χ0v) is 10.3. The number of hydrogen-bond donors (Lipinski definition) is 1. The molecule has 1 atom stereocenters. The molecule has 0 spiro atoms. The van der Waals surface area contributed by atoms with Crippen molar-refractivity contribution in [3.8, 4) is 0 Å². The van der Waals surface area contributed by atoms with Crippen LogP contribution >= 0.6 is 0 Å². The van der Waals surface area contributed by atoms with Gasteiger partial charge in [-0.2, -0.15) is 0 Å². The maximum atomic E-state index is 12.3. The molecule has 0 aliphatic carbocycles. The first-order valence-electron chi connectivity index (χ1n) is 6.03. The number of likely N-dealkylation sites (tertiary alicyclic amines) is 1. The predicted octanol–water partition coefficient (Wildman–Crippen LogP) is 2.50. The third-order valence-corrected chi connectivity index (χ3v) is 3.32. The monoisotopic (exact) mass is 220 g/mol. The Balaban J connectivity index is 2.15. The minimum absolute atomic E-state index is 0.188. The van der Waals surface area contributed by atoms with Crippen LogP contribution < -0.4 is 0 Å². The minimum Gasteiger partial charge on any atom is -0.362 e. The summed E-state index contributed by atoms with van der Waals surface area (Å²) >= 11 is 0. The molecule has 3 nitrogen and oxygen atoms in total. The van der Waals surface area contributed by atoms with E-state index in [1.54, 1.807) is 0 Å². The number of hydrogen-bond acceptors (Lipinski definition) is 1. The van der Waals surface area contributed by atoms with Crippen molar-refractivity contribution in [2.24, 2.45) is 5.92 Å². The van der Waals surface area contributed by atoms with Crippen LogP contribution in [0.15, 0.2) is 6.07 Å². The number of carbonyl (C=O) groups excluding carboxylic acids is 1. The summed E-state index contributed by atoms with van der Waals surface area (Å²) in [6.45, 7) is 7.99. The highest BCUT2D eigenvalue weighted by atomic mass is 16.2. The van der Waals surface area contributed by atoms with E-state index in [2.05, 4.69) is 11.9 Å². The van der Waals surface area contributed by atoms with E-state index < -0.39 is 0 Å². The molecule has 1 amide bonds. The van der Waals surface area contributed by atoms with Crippen LogP contribution in [0.3, 0.4) is 0 Å². The number of amides is 1.